The molecule has 5 N–H and O–H groups in total. The summed E-state index contributed by atoms with van der Waals surface area (Å²) >= 11 is 0. The van der Waals surface area contributed by atoms with Gasteiger partial charge in [0.05, 0.1) is 44.4 Å². The van der Waals surface area contributed by atoms with Crippen LogP contribution in [0.4, 0.5) is 10.5 Å². The zero-order valence-corrected chi connectivity index (χ0v) is 25.5. The number of anilines is 1. The lowest BCUT2D eigenvalue weighted by Gasteiger charge is -2.38. The highest BCUT2D eigenvalue weighted by Gasteiger charge is 2.46. The van der Waals surface area contributed by atoms with Crippen molar-refractivity contribution in [3.05, 3.63) is 29.8 Å². The monoisotopic (exact) mass is 616 g/mol. The molecule has 4 aliphatic heterocycles. The summed E-state index contributed by atoms with van der Waals surface area (Å²) in [6.45, 7) is 7.11. The Kier molecular flexibility index (Phi) is 10.1. The third kappa shape index (κ3) is 7.67. The van der Waals surface area contributed by atoms with Gasteiger partial charge in [-0.05, 0) is 38.0 Å². The predicted molar refractivity (Wildman–Crippen MR) is 158 cm³/mol. The number of morpholine rings is 1. The molecule has 7 atom stereocenters. The van der Waals surface area contributed by atoms with Gasteiger partial charge >= 0.3 is 6.03 Å². The van der Waals surface area contributed by atoms with Crippen LogP contribution in [-0.4, -0.2) is 137 Å². The number of amides is 5. The summed E-state index contributed by atoms with van der Waals surface area (Å²) in [6, 6.07) is 6.09. The Morgan fingerprint density at radius 3 is 2.48 bits per heavy atom. The number of ether oxygens (including phenoxy) is 2. The fourth-order valence-corrected chi connectivity index (χ4v) is 6.47. The first-order valence-corrected chi connectivity index (χ1v) is 15.3. The summed E-state index contributed by atoms with van der Waals surface area (Å²) in [7, 11) is 0. The number of carbonyl (C=O) groups excluding carboxylic acids is 4. The number of hydrogen-bond acceptors (Lipinski definition) is 9. The molecule has 4 saturated heterocycles. The second kappa shape index (κ2) is 13.8. The number of likely N-dealkylation sites (tertiary alicyclic amines) is 1. The fourth-order valence-electron chi connectivity index (χ4n) is 6.47. The van der Waals surface area contributed by atoms with E-state index in [1.807, 2.05) is 43.0 Å². The van der Waals surface area contributed by atoms with E-state index in [1.54, 1.807) is 4.90 Å². The van der Waals surface area contributed by atoms with Crippen molar-refractivity contribution in [2.75, 3.05) is 44.6 Å². The average Bonchev–Trinajstić information content (AvgIpc) is 3.47. The number of nitrogens with one attached hydrogen (secondary N) is 3. The first-order valence-electron chi connectivity index (χ1n) is 15.3. The molecule has 4 aliphatic rings. The summed E-state index contributed by atoms with van der Waals surface area (Å²) in [6.07, 6.45) is -4.68. The number of rotatable bonds is 4. The number of urea groups is 1. The van der Waals surface area contributed by atoms with Gasteiger partial charge < -0.3 is 45.4 Å². The molecule has 0 aromatic heterocycles. The molecule has 14 nitrogen and oxygen atoms in total. The van der Waals surface area contributed by atoms with Crippen molar-refractivity contribution in [3.63, 3.8) is 0 Å². The first kappa shape index (κ1) is 32.1. The molecule has 0 saturated carbocycles. The molecule has 6 bridgehead atoms. The number of carbonyl (C=O) groups is 4. The van der Waals surface area contributed by atoms with E-state index in [0.717, 1.165) is 5.56 Å². The lowest BCUT2D eigenvalue weighted by atomic mass is 10.0. The maximum Gasteiger partial charge on any atom is 0.317 e. The van der Waals surface area contributed by atoms with Gasteiger partial charge in [0.25, 0.3) is 0 Å². The van der Waals surface area contributed by atoms with Gasteiger partial charge in [-0.2, -0.15) is 0 Å². The number of benzene rings is 1. The van der Waals surface area contributed by atoms with E-state index >= 15 is 0 Å². The maximum absolute atomic E-state index is 14.0. The van der Waals surface area contributed by atoms with E-state index in [9.17, 15) is 29.4 Å². The molecule has 0 radical (unpaired) electrons. The molecular formula is C30H44N6O8. The van der Waals surface area contributed by atoms with E-state index in [-0.39, 0.29) is 61.9 Å². The number of aliphatic hydroxyl groups is 2. The van der Waals surface area contributed by atoms with Crippen molar-refractivity contribution < 1.29 is 38.9 Å². The third-order valence-electron chi connectivity index (χ3n) is 8.54. The molecular weight excluding hydrogens is 572 g/mol. The molecule has 0 unspecified atom stereocenters. The molecule has 1 aromatic rings. The van der Waals surface area contributed by atoms with E-state index < -0.39 is 36.6 Å². The van der Waals surface area contributed by atoms with Crippen LogP contribution in [0.3, 0.4) is 0 Å². The summed E-state index contributed by atoms with van der Waals surface area (Å²) in [4.78, 5) is 57.0. The Balaban J connectivity index is 1.39. The van der Waals surface area contributed by atoms with Gasteiger partial charge in [-0.25, -0.2) is 4.79 Å². The lowest BCUT2D eigenvalue weighted by Crippen LogP contribution is -2.56. The van der Waals surface area contributed by atoms with Crippen molar-refractivity contribution in [2.24, 2.45) is 0 Å². The zero-order valence-electron chi connectivity index (χ0n) is 25.5. The largest absolute Gasteiger partial charge is 0.388 e. The van der Waals surface area contributed by atoms with Crippen molar-refractivity contribution in [1.29, 1.82) is 0 Å². The maximum atomic E-state index is 14.0. The van der Waals surface area contributed by atoms with Crippen LogP contribution < -0.4 is 16.0 Å². The lowest BCUT2D eigenvalue weighted by molar-refractivity contribution is -0.144. The zero-order chi connectivity index (χ0) is 31.5. The van der Waals surface area contributed by atoms with Crippen LogP contribution in [0.5, 0.6) is 0 Å². The Hall–Kier alpha value is -3.30. The molecule has 242 valence electrons. The highest BCUT2D eigenvalue weighted by molar-refractivity contribution is 5.88. The molecule has 14 heteroatoms. The minimum absolute atomic E-state index is 0.0253. The standard InChI is InChI=1S/C30H44N6O8/c1-17(2)31-30(42)36-15-22-14-34(8-9-43-22)29(41)23-10-21(33-26(38)11-24-27(39)28(40)25(16-36)44-24)13-35(23)12-19-4-6-20(7-5-19)32-18(3)37/h4-7,17,21-25,27-28,39-40H,8-16H2,1-3H3,(H,31,42)(H,32,37)(H,33,38)/t21-,22-,23-,24-,25+,27-,28+/m0/s1. The van der Waals surface area contributed by atoms with Crippen LogP contribution in [0.2, 0.25) is 0 Å². The van der Waals surface area contributed by atoms with Crippen LogP contribution in [0.1, 0.15) is 39.2 Å². The van der Waals surface area contributed by atoms with Crippen LogP contribution >= 0.6 is 0 Å². The van der Waals surface area contributed by atoms with Gasteiger partial charge in [0.1, 0.15) is 18.3 Å². The van der Waals surface area contributed by atoms with Gasteiger partial charge in [-0.1, -0.05) is 12.1 Å². The van der Waals surface area contributed by atoms with Crippen LogP contribution in [-0.2, 0) is 30.4 Å². The second-order valence-electron chi connectivity index (χ2n) is 12.5. The number of nitrogens with zero attached hydrogens (tertiary/aromatic N) is 3. The third-order valence-corrected chi connectivity index (χ3v) is 8.54. The van der Waals surface area contributed by atoms with Crippen LogP contribution in [0.15, 0.2) is 24.3 Å². The average molecular weight is 617 g/mol. The van der Waals surface area contributed by atoms with E-state index in [2.05, 4.69) is 16.0 Å². The Morgan fingerprint density at radius 1 is 1.05 bits per heavy atom. The van der Waals surface area contributed by atoms with Crippen LogP contribution in [0.25, 0.3) is 0 Å². The van der Waals surface area contributed by atoms with Crippen molar-refractivity contribution in [2.45, 2.75) is 88.8 Å². The topological polar surface area (TPSA) is 173 Å². The fraction of sp³-hybridized carbons (Fsp3) is 0.667. The SMILES string of the molecule is CC(=O)Nc1ccc(CN2C[C@@H]3C[C@H]2C(=O)N2CCO[C@H](CN(C(=O)NC(C)C)C[C@H]4O[C@@H](CC(=O)N3)[C@H](O)[C@@H]4O)C2)cc1. The summed E-state index contributed by atoms with van der Waals surface area (Å²) in [5, 5.41) is 30.1. The van der Waals surface area contributed by atoms with E-state index in [0.29, 0.717) is 38.3 Å². The van der Waals surface area contributed by atoms with E-state index in [4.69, 9.17) is 9.47 Å². The van der Waals surface area contributed by atoms with E-state index in [1.165, 1.54) is 11.8 Å². The van der Waals surface area contributed by atoms with Gasteiger partial charge in [-0.15, -0.1) is 0 Å². The summed E-state index contributed by atoms with van der Waals surface area (Å²) < 4.78 is 12.0. The molecule has 4 heterocycles. The Bertz CT molecular complexity index is 1210. The molecule has 0 aliphatic carbocycles. The quantitative estimate of drug-likeness (QED) is 0.292. The molecule has 1 aromatic carbocycles. The number of hydrogen-bond donors (Lipinski definition) is 5. The smallest absolute Gasteiger partial charge is 0.317 e. The first-order chi connectivity index (χ1) is 21.0. The van der Waals surface area contributed by atoms with Crippen LogP contribution in [0, 0.1) is 0 Å². The summed E-state index contributed by atoms with van der Waals surface area (Å²) in [5.41, 5.74) is 1.63. The molecule has 5 amide bonds. The Morgan fingerprint density at radius 2 is 1.77 bits per heavy atom. The van der Waals surface area contributed by atoms with Gasteiger partial charge in [0, 0.05) is 50.9 Å². The second-order valence-corrected chi connectivity index (χ2v) is 12.5. The Labute approximate surface area is 257 Å². The van der Waals surface area contributed by atoms with Gasteiger partial charge in [0.2, 0.25) is 17.7 Å². The molecule has 4 fully saturated rings. The van der Waals surface area contributed by atoms with Gasteiger partial charge in [0.15, 0.2) is 0 Å². The highest BCUT2D eigenvalue weighted by Crippen LogP contribution is 2.28. The molecule has 44 heavy (non-hydrogen) atoms. The number of fused-ring (bicyclic) bond motifs is 6. The molecule has 5 rings (SSSR count). The summed E-state index contributed by atoms with van der Waals surface area (Å²) in [5.74, 6) is -0.582. The normalized spacial score (nSPS) is 31.6. The van der Waals surface area contributed by atoms with Crippen molar-refractivity contribution >= 4 is 29.4 Å². The highest BCUT2D eigenvalue weighted by atomic mass is 16.5. The predicted octanol–water partition coefficient (Wildman–Crippen LogP) is -0.756. The molecule has 0 spiro atoms. The van der Waals surface area contributed by atoms with Gasteiger partial charge in [-0.3, -0.25) is 19.3 Å². The van der Waals surface area contributed by atoms with Crippen molar-refractivity contribution in [1.82, 2.24) is 25.3 Å². The minimum Gasteiger partial charge on any atom is -0.388 e. The van der Waals surface area contributed by atoms with Crippen molar-refractivity contribution in [3.8, 4) is 0 Å². The number of aliphatic hydroxyl groups excluding tert-OH is 2. The minimum atomic E-state index is -1.30.